The number of rotatable bonds is 3. The summed E-state index contributed by atoms with van der Waals surface area (Å²) in [6.07, 6.45) is 2.42. The molecule has 6 rings (SSSR count). The number of thiazole rings is 1. The molecule has 1 fully saturated rings. The highest BCUT2D eigenvalue weighted by molar-refractivity contribution is 7.16. The van der Waals surface area contributed by atoms with Crippen molar-refractivity contribution >= 4 is 39.3 Å². The molecule has 1 unspecified atom stereocenters. The normalized spacial score (nSPS) is 18.2. The van der Waals surface area contributed by atoms with Crippen LogP contribution in [0.1, 0.15) is 28.8 Å². The van der Waals surface area contributed by atoms with E-state index in [1.165, 1.54) is 0 Å². The van der Waals surface area contributed by atoms with Crippen LogP contribution >= 0.6 is 11.3 Å². The van der Waals surface area contributed by atoms with Gasteiger partial charge in [-0.05, 0) is 41.8 Å². The van der Waals surface area contributed by atoms with Crippen molar-refractivity contribution in [2.75, 3.05) is 0 Å². The Morgan fingerprint density at radius 1 is 1.06 bits per heavy atom. The number of hydrogen-bond donors (Lipinski definition) is 1. The highest BCUT2D eigenvalue weighted by atomic mass is 32.1. The number of carbonyl (C=O) groups excluding carboxylic acids is 3. The minimum atomic E-state index is -0.621. The van der Waals surface area contributed by atoms with Crippen molar-refractivity contribution in [1.29, 1.82) is 0 Å². The highest BCUT2D eigenvalue weighted by Crippen LogP contribution is 2.36. The zero-order chi connectivity index (χ0) is 22.7. The summed E-state index contributed by atoms with van der Waals surface area (Å²) in [4.78, 5) is 42.8. The highest BCUT2D eigenvalue weighted by Gasteiger charge is 2.39. The van der Waals surface area contributed by atoms with Crippen LogP contribution in [-0.4, -0.2) is 43.4 Å². The lowest BCUT2D eigenvalue weighted by Gasteiger charge is -2.29. The van der Waals surface area contributed by atoms with Gasteiger partial charge >= 0.3 is 0 Å². The maximum absolute atomic E-state index is 13.0. The van der Waals surface area contributed by atoms with Crippen molar-refractivity contribution in [3.05, 3.63) is 59.2 Å². The summed E-state index contributed by atoms with van der Waals surface area (Å²) in [7, 11) is 1.91. The lowest BCUT2D eigenvalue weighted by atomic mass is 9.98. The third-order valence-corrected chi connectivity index (χ3v) is 7.19. The number of aryl methyl sites for hydroxylation is 1. The number of carbonyl (C=O) groups is 3. The molecular formula is C24H19N5O3S. The molecule has 9 heteroatoms. The average molecular weight is 458 g/mol. The molecule has 2 aromatic heterocycles. The predicted molar refractivity (Wildman–Crippen MR) is 123 cm³/mol. The molecule has 0 spiro atoms. The summed E-state index contributed by atoms with van der Waals surface area (Å²) in [6, 6.07) is 11.3. The van der Waals surface area contributed by atoms with E-state index in [0.717, 1.165) is 38.2 Å². The van der Waals surface area contributed by atoms with Crippen LogP contribution in [0.3, 0.4) is 0 Å². The molecule has 4 aromatic rings. The fraction of sp³-hybridized carbons (Fsp3) is 0.208. The van der Waals surface area contributed by atoms with E-state index in [1.807, 2.05) is 41.6 Å². The van der Waals surface area contributed by atoms with Gasteiger partial charge in [0.05, 0.1) is 27.6 Å². The quantitative estimate of drug-likeness (QED) is 0.477. The number of amides is 3. The van der Waals surface area contributed by atoms with Gasteiger partial charge in [-0.3, -0.25) is 24.4 Å². The van der Waals surface area contributed by atoms with Gasteiger partial charge in [0, 0.05) is 36.7 Å². The molecule has 8 nitrogen and oxygen atoms in total. The van der Waals surface area contributed by atoms with Crippen LogP contribution in [0.5, 0.6) is 0 Å². The largest absolute Gasteiger partial charge is 0.322 e. The van der Waals surface area contributed by atoms with Crippen molar-refractivity contribution in [1.82, 2.24) is 25.0 Å². The van der Waals surface area contributed by atoms with Crippen LogP contribution in [0.4, 0.5) is 0 Å². The van der Waals surface area contributed by atoms with Gasteiger partial charge in [0.1, 0.15) is 6.04 Å². The number of aromatic nitrogens is 3. The number of hydrogen-bond acceptors (Lipinski definition) is 6. The minimum Gasteiger partial charge on any atom is -0.322 e. The molecule has 164 valence electrons. The van der Waals surface area contributed by atoms with Crippen LogP contribution in [0.25, 0.3) is 32.6 Å². The van der Waals surface area contributed by atoms with E-state index in [0.29, 0.717) is 18.5 Å². The van der Waals surface area contributed by atoms with Crippen LogP contribution in [0.2, 0.25) is 0 Å². The fourth-order valence-corrected chi connectivity index (χ4v) is 5.40. The standard InChI is InChI=1S/C24H19N5O3S/c1-28-22(14-3-6-20-18(9-14)25-12-33-20)17(10-26-28)13-2-4-16-15(8-13)11-29(24(16)32)19-5-7-21(30)27-23(19)31/h2-4,6,8-10,12,19H,5,7,11H2,1H3,(H,27,30,31). The van der Waals surface area contributed by atoms with Crippen molar-refractivity contribution < 1.29 is 14.4 Å². The molecule has 0 radical (unpaired) electrons. The second-order valence-electron chi connectivity index (χ2n) is 8.34. The molecule has 2 aliphatic heterocycles. The number of nitrogens with zero attached hydrogens (tertiary/aromatic N) is 4. The molecule has 0 bridgehead atoms. The smallest absolute Gasteiger partial charge is 0.255 e. The number of benzene rings is 2. The first kappa shape index (κ1) is 19.8. The summed E-state index contributed by atoms with van der Waals surface area (Å²) in [5.74, 6) is -0.867. The summed E-state index contributed by atoms with van der Waals surface area (Å²) in [5, 5.41) is 6.83. The SMILES string of the molecule is Cn1ncc(-c2ccc3c(c2)CN(C2CCC(=O)NC2=O)C3=O)c1-c1ccc2scnc2c1. The van der Waals surface area contributed by atoms with E-state index in [9.17, 15) is 14.4 Å². The molecule has 4 heterocycles. The summed E-state index contributed by atoms with van der Waals surface area (Å²) < 4.78 is 2.98. The Morgan fingerprint density at radius 3 is 2.76 bits per heavy atom. The third kappa shape index (κ3) is 3.15. The third-order valence-electron chi connectivity index (χ3n) is 6.38. The fourth-order valence-electron chi connectivity index (χ4n) is 4.74. The molecule has 0 aliphatic carbocycles. The topological polar surface area (TPSA) is 97.2 Å². The van der Waals surface area contributed by atoms with Crippen LogP contribution in [0.15, 0.2) is 48.1 Å². The average Bonchev–Trinajstić information content (AvgIpc) is 3.50. The first-order chi connectivity index (χ1) is 16.0. The van der Waals surface area contributed by atoms with E-state index in [-0.39, 0.29) is 18.2 Å². The summed E-state index contributed by atoms with van der Waals surface area (Å²) >= 11 is 1.61. The van der Waals surface area contributed by atoms with Crippen LogP contribution in [0, 0.1) is 0 Å². The number of nitrogens with one attached hydrogen (secondary N) is 1. The molecule has 2 aliphatic rings. The molecule has 3 amide bonds. The maximum Gasteiger partial charge on any atom is 0.255 e. The second-order valence-corrected chi connectivity index (χ2v) is 9.22. The van der Waals surface area contributed by atoms with Crippen LogP contribution in [-0.2, 0) is 23.2 Å². The Balaban J connectivity index is 1.36. The van der Waals surface area contributed by atoms with Crippen molar-refractivity contribution in [3.63, 3.8) is 0 Å². The van der Waals surface area contributed by atoms with E-state index in [2.05, 4.69) is 33.6 Å². The van der Waals surface area contributed by atoms with E-state index in [4.69, 9.17) is 0 Å². The van der Waals surface area contributed by atoms with Gasteiger partial charge in [0.25, 0.3) is 5.91 Å². The Hall–Kier alpha value is -3.85. The first-order valence-corrected chi connectivity index (χ1v) is 11.5. The van der Waals surface area contributed by atoms with Gasteiger partial charge in [0.15, 0.2) is 0 Å². The molecule has 1 saturated heterocycles. The Bertz CT molecular complexity index is 1470. The van der Waals surface area contributed by atoms with Gasteiger partial charge in [-0.1, -0.05) is 12.1 Å². The molecule has 1 N–H and O–H groups in total. The lowest BCUT2D eigenvalue weighted by molar-refractivity contribution is -0.136. The zero-order valence-electron chi connectivity index (χ0n) is 17.7. The number of fused-ring (bicyclic) bond motifs is 2. The van der Waals surface area contributed by atoms with Gasteiger partial charge < -0.3 is 4.90 Å². The predicted octanol–water partition coefficient (Wildman–Crippen LogP) is 3.12. The molecule has 33 heavy (non-hydrogen) atoms. The molecular weight excluding hydrogens is 438 g/mol. The maximum atomic E-state index is 13.0. The molecule has 0 saturated carbocycles. The Kier molecular flexibility index (Phi) is 4.41. The summed E-state index contributed by atoms with van der Waals surface area (Å²) in [6.45, 7) is 0.342. The number of piperidine rings is 1. The zero-order valence-corrected chi connectivity index (χ0v) is 18.6. The second kappa shape index (κ2) is 7.35. The lowest BCUT2D eigenvalue weighted by Crippen LogP contribution is -2.52. The van der Waals surface area contributed by atoms with E-state index >= 15 is 0 Å². The van der Waals surface area contributed by atoms with Crippen molar-refractivity contribution in [2.45, 2.75) is 25.4 Å². The van der Waals surface area contributed by atoms with Crippen LogP contribution < -0.4 is 5.32 Å². The first-order valence-electron chi connectivity index (χ1n) is 10.6. The molecule has 1 atom stereocenters. The Labute approximate surface area is 192 Å². The van der Waals surface area contributed by atoms with Gasteiger partial charge in [-0.25, -0.2) is 4.98 Å². The van der Waals surface area contributed by atoms with E-state index in [1.54, 1.807) is 16.2 Å². The molecule has 2 aromatic carbocycles. The van der Waals surface area contributed by atoms with Gasteiger partial charge in [0.2, 0.25) is 11.8 Å². The Morgan fingerprint density at radius 2 is 1.91 bits per heavy atom. The summed E-state index contributed by atoms with van der Waals surface area (Å²) in [5.41, 5.74) is 8.15. The van der Waals surface area contributed by atoms with E-state index < -0.39 is 11.9 Å². The van der Waals surface area contributed by atoms with Crippen molar-refractivity contribution in [3.8, 4) is 22.4 Å². The monoisotopic (exact) mass is 457 g/mol. The number of imide groups is 1. The minimum absolute atomic E-state index is 0.175. The van der Waals surface area contributed by atoms with Gasteiger partial charge in [-0.2, -0.15) is 5.10 Å². The van der Waals surface area contributed by atoms with Crippen molar-refractivity contribution in [2.24, 2.45) is 7.05 Å². The van der Waals surface area contributed by atoms with Gasteiger partial charge in [-0.15, -0.1) is 11.3 Å².